The molecule has 0 aliphatic carbocycles. The summed E-state index contributed by atoms with van der Waals surface area (Å²) in [5.74, 6) is 2.38. The highest BCUT2D eigenvalue weighted by Gasteiger charge is 2.22. The lowest BCUT2D eigenvalue weighted by Gasteiger charge is -2.25. The van der Waals surface area contributed by atoms with Gasteiger partial charge in [0.15, 0.2) is 11.8 Å². The molecule has 2 aromatic rings. The highest BCUT2D eigenvalue weighted by Crippen LogP contribution is 2.14. The van der Waals surface area contributed by atoms with Crippen LogP contribution in [0.4, 0.5) is 0 Å². The third-order valence-corrected chi connectivity index (χ3v) is 5.46. The molecule has 1 aliphatic rings. The lowest BCUT2D eigenvalue weighted by molar-refractivity contribution is 0.177. The number of sulfonamides is 1. The van der Waals surface area contributed by atoms with Crippen molar-refractivity contribution in [3.05, 3.63) is 41.5 Å². The molecule has 30 heavy (non-hydrogen) atoms. The molecule has 0 spiro atoms. The molecule has 1 aromatic carbocycles. The minimum absolute atomic E-state index is 0. The molecule has 1 unspecified atom stereocenters. The monoisotopic (exact) mass is 549 g/mol. The number of aryl methyl sites for hydroxylation is 1. The number of primary sulfonamides is 1. The van der Waals surface area contributed by atoms with Crippen molar-refractivity contribution >= 4 is 40.0 Å². The van der Waals surface area contributed by atoms with Gasteiger partial charge in [0, 0.05) is 26.1 Å². The molecular formula is C18H28IN7O3S. The predicted molar refractivity (Wildman–Crippen MR) is 124 cm³/mol. The molecule has 12 heteroatoms. The zero-order chi connectivity index (χ0) is 20.9. The number of halogens is 1. The Hall–Kier alpha value is -1.77. The Labute approximate surface area is 193 Å². The highest BCUT2D eigenvalue weighted by molar-refractivity contribution is 14.0. The van der Waals surface area contributed by atoms with E-state index < -0.39 is 10.0 Å². The maximum Gasteiger partial charge on any atom is 0.238 e. The van der Waals surface area contributed by atoms with E-state index in [0.717, 1.165) is 30.8 Å². The fourth-order valence-electron chi connectivity index (χ4n) is 3.14. The zero-order valence-electron chi connectivity index (χ0n) is 17.0. The van der Waals surface area contributed by atoms with E-state index in [1.54, 1.807) is 19.2 Å². The van der Waals surface area contributed by atoms with Crippen molar-refractivity contribution in [1.29, 1.82) is 0 Å². The smallest absolute Gasteiger partial charge is 0.238 e. The first-order chi connectivity index (χ1) is 13.9. The molecule has 4 N–H and O–H groups in total. The van der Waals surface area contributed by atoms with Crippen LogP contribution in [0.15, 0.2) is 34.2 Å². The summed E-state index contributed by atoms with van der Waals surface area (Å²) in [5, 5.41) is 16.3. The van der Waals surface area contributed by atoms with Gasteiger partial charge in [0.05, 0.1) is 18.0 Å². The van der Waals surface area contributed by atoms with E-state index in [0.29, 0.717) is 31.5 Å². The maximum absolute atomic E-state index is 11.4. The molecular weight excluding hydrogens is 521 g/mol. The number of aliphatic imine (C=N–C) groups is 1. The molecule has 10 nitrogen and oxygen atoms in total. The Morgan fingerprint density at radius 2 is 2.10 bits per heavy atom. The molecule has 166 valence electrons. The van der Waals surface area contributed by atoms with Crippen LogP contribution in [0.3, 0.4) is 0 Å². The second-order valence-electron chi connectivity index (χ2n) is 6.82. The highest BCUT2D eigenvalue weighted by atomic mass is 127. The lowest BCUT2D eigenvalue weighted by Crippen LogP contribution is -2.47. The van der Waals surface area contributed by atoms with E-state index in [-0.39, 0.29) is 34.9 Å². The van der Waals surface area contributed by atoms with Gasteiger partial charge < -0.3 is 15.4 Å². The van der Waals surface area contributed by atoms with Crippen LogP contribution in [0.1, 0.15) is 30.6 Å². The number of nitrogens with two attached hydrogens (primary N) is 1. The number of guanidine groups is 1. The summed E-state index contributed by atoms with van der Waals surface area (Å²) in [4.78, 5) is 9.19. The number of rotatable bonds is 7. The number of ether oxygens (including phenoxy) is 1. The molecule has 0 radical (unpaired) electrons. The van der Waals surface area contributed by atoms with Gasteiger partial charge in [-0.15, -0.1) is 24.0 Å². The van der Waals surface area contributed by atoms with Crippen molar-refractivity contribution in [1.82, 2.24) is 25.4 Å². The third kappa shape index (κ3) is 6.62. The number of methoxy groups -OCH3 is 1. The van der Waals surface area contributed by atoms with Gasteiger partial charge in [0.2, 0.25) is 10.0 Å². The number of nitrogens with one attached hydrogen (secondary N) is 2. The van der Waals surface area contributed by atoms with Crippen molar-refractivity contribution in [3.63, 3.8) is 0 Å². The van der Waals surface area contributed by atoms with Crippen molar-refractivity contribution in [3.8, 4) is 0 Å². The van der Waals surface area contributed by atoms with Crippen LogP contribution in [0.25, 0.3) is 0 Å². The van der Waals surface area contributed by atoms with Gasteiger partial charge in [-0.05, 0) is 31.0 Å². The third-order valence-electron chi connectivity index (χ3n) is 4.53. The first kappa shape index (κ1) is 24.5. The summed E-state index contributed by atoms with van der Waals surface area (Å²) in [7, 11) is -2.06. The largest absolute Gasteiger partial charge is 0.377 e. The minimum atomic E-state index is -3.69. The van der Waals surface area contributed by atoms with Crippen LogP contribution in [-0.4, -0.2) is 48.8 Å². The van der Waals surface area contributed by atoms with Crippen LogP contribution in [0.5, 0.6) is 0 Å². The van der Waals surface area contributed by atoms with E-state index in [4.69, 9.17) is 9.88 Å². The molecule has 0 bridgehead atoms. The Kier molecular flexibility index (Phi) is 9.00. The van der Waals surface area contributed by atoms with Gasteiger partial charge in [-0.25, -0.2) is 28.2 Å². The molecule has 1 atom stereocenters. The molecule has 0 saturated heterocycles. The molecule has 0 saturated carbocycles. The van der Waals surface area contributed by atoms with Gasteiger partial charge in [0.1, 0.15) is 12.4 Å². The normalized spacial score (nSPS) is 16.5. The van der Waals surface area contributed by atoms with Gasteiger partial charge in [0.25, 0.3) is 0 Å². The summed E-state index contributed by atoms with van der Waals surface area (Å²) < 4.78 is 29.7. The van der Waals surface area contributed by atoms with E-state index >= 15 is 0 Å². The Bertz CT molecular complexity index is 961. The average Bonchev–Trinajstić information content (AvgIpc) is 3.08. The Balaban J connectivity index is 0.00000320. The zero-order valence-corrected chi connectivity index (χ0v) is 20.2. The average molecular weight is 549 g/mol. The Morgan fingerprint density at radius 3 is 2.73 bits per heavy atom. The van der Waals surface area contributed by atoms with Crippen LogP contribution in [0, 0.1) is 0 Å². The summed E-state index contributed by atoms with van der Waals surface area (Å²) in [5.41, 5.74) is 0.890. The van der Waals surface area contributed by atoms with Gasteiger partial charge in [-0.1, -0.05) is 12.1 Å². The molecule has 0 amide bonds. The molecule has 1 aromatic heterocycles. The van der Waals surface area contributed by atoms with E-state index in [1.807, 2.05) is 11.6 Å². The number of aromatic nitrogens is 3. The SMILES string of the molecule is CCNC(=NCc1ccc(S(N)(=O)=O)cc1)NC1CCc2nc(COC)nn2C1.I. The van der Waals surface area contributed by atoms with Gasteiger partial charge in [-0.3, -0.25) is 0 Å². The second-order valence-corrected chi connectivity index (χ2v) is 8.38. The van der Waals surface area contributed by atoms with Crippen molar-refractivity contribution < 1.29 is 13.2 Å². The number of hydrogen-bond donors (Lipinski definition) is 3. The Morgan fingerprint density at radius 1 is 1.37 bits per heavy atom. The lowest BCUT2D eigenvalue weighted by atomic mass is 10.1. The van der Waals surface area contributed by atoms with Crippen molar-refractivity contribution in [2.24, 2.45) is 10.1 Å². The fraction of sp³-hybridized carbons (Fsp3) is 0.500. The second kappa shape index (κ2) is 11.0. The molecule has 2 heterocycles. The van der Waals surface area contributed by atoms with E-state index in [1.165, 1.54) is 12.1 Å². The number of nitrogens with zero attached hydrogens (tertiary/aromatic N) is 4. The quantitative estimate of drug-likeness (QED) is 0.264. The molecule has 1 aliphatic heterocycles. The van der Waals surface area contributed by atoms with Crippen molar-refractivity contribution in [2.45, 2.75) is 50.4 Å². The molecule has 0 fully saturated rings. The van der Waals surface area contributed by atoms with E-state index in [2.05, 4.69) is 25.7 Å². The summed E-state index contributed by atoms with van der Waals surface area (Å²) >= 11 is 0. The number of benzene rings is 1. The standard InChI is InChI=1S/C18H27N7O3S.HI/c1-3-20-18(21-10-13-4-7-15(8-5-13)29(19,26)27)22-14-6-9-17-23-16(12-28-2)24-25(17)11-14;/h4-5,7-8,14H,3,6,9-12H2,1-2H3,(H2,19,26,27)(H2,20,21,22);1H. The number of fused-ring (bicyclic) bond motifs is 1. The first-order valence-corrected chi connectivity index (χ1v) is 11.0. The van der Waals surface area contributed by atoms with Crippen LogP contribution in [-0.2, 0) is 40.9 Å². The molecule has 3 rings (SSSR count). The van der Waals surface area contributed by atoms with Crippen LogP contribution < -0.4 is 15.8 Å². The first-order valence-electron chi connectivity index (χ1n) is 9.47. The van der Waals surface area contributed by atoms with Gasteiger partial charge in [-0.2, -0.15) is 5.10 Å². The topological polar surface area (TPSA) is 137 Å². The maximum atomic E-state index is 11.4. The summed E-state index contributed by atoms with van der Waals surface area (Å²) in [6.45, 7) is 4.27. The summed E-state index contributed by atoms with van der Waals surface area (Å²) in [6.07, 6.45) is 1.77. The predicted octanol–water partition coefficient (Wildman–Crippen LogP) is 0.760. The fourth-order valence-corrected chi connectivity index (χ4v) is 3.65. The minimum Gasteiger partial charge on any atom is -0.377 e. The van der Waals surface area contributed by atoms with Crippen LogP contribution in [0.2, 0.25) is 0 Å². The van der Waals surface area contributed by atoms with Crippen LogP contribution >= 0.6 is 24.0 Å². The van der Waals surface area contributed by atoms with E-state index in [9.17, 15) is 8.42 Å². The summed E-state index contributed by atoms with van der Waals surface area (Å²) in [6, 6.07) is 6.60. The van der Waals surface area contributed by atoms with Gasteiger partial charge >= 0.3 is 0 Å². The number of hydrogen-bond acceptors (Lipinski definition) is 6. The van der Waals surface area contributed by atoms with Crippen molar-refractivity contribution in [2.75, 3.05) is 13.7 Å².